The zero-order valence-corrected chi connectivity index (χ0v) is 12.1. The van der Waals surface area contributed by atoms with Crippen LogP contribution in [-0.2, 0) is 16.4 Å². The van der Waals surface area contributed by atoms with Gasteiger partial charge in [-0.2, -0.15) is 5.26 Å². The number of nitriles is 1. The fourth-order valence-corrected chi connectivity index (χ4v) is 3.53. The van der Waals surface area contributed by atoms with Gasteiger partial charge in [-0.15, -0.1) is 10.2 Å². The maximum atomic E-state index is 12.2. The number of hydrogen-bond acceptors (Lipinski definition) is 7. The van der Waals surface area contributed by atoms with E-state index in [1.807, 2.05) is 13.0 Å². The van der Waals surface area contributed by atoms with Crippen molar-refractivity contribution >= 4 is 32.2 Å². The molecule has 1 aromatic heterocycles. The lowest BCUT2D eigenvalue weighted by Gasteiger charge is -2.06. The molecule has 20 heavy (non-hydrogen) atoms. The molecule has 7 nitrogen and oxygen atoms in total. The highest BCUT2D eigenvalue weighted by molar-refractivity contribution is 7.93. The first kappa shape index (κ1) is 14.2. The molecule has 0 amide bonds. The Kier molecular flexibility index (Phi) is 3.87. The number of sulfonamides is 1. The van der Waals surface area contributed by atoms with Crippen molar-refractivity contribution < 1.29 is 8.42 Å². The van der Waals surface area contributed by atoms with Crippen molar-refractivity contribution in [1.29, 1.82) is 5.26 Å². The van der Waals surface area contributed by atoms with E-state index < -0.39 is 10.0 Å². The molecule has 104 valence electrons. The van der Waals surface area contributed by atoms with E-state index >= 15 is 0 Å². The average Bonchev–Trinajstić information content (AvgIpc) is 2.85. The molecule has 2 aromatic rings. The molecule has 0 radical (unpaired) electrons. The minimum absolute atomic E-state index is 0.0160. The Morgan fingerprint density at radius 3 is 2.80 bits per heavy atom. The first-order valence-electron chi connectivity index (χ1n) is 5.61. The van der Waals surface area contributed by atoms with E-state index in [-0.39, 0.29) is 15.6 Å². The molecule has 0 aliphatic heterocycles. The number of aryl methyl sites for hydroxylation is 1. The molecule has 0 aliphatic carbocycles. The van der Waals surface area contributed by atoms with E-state index in [1.165, 1.54) is 18.2 Å². The number of hydrogen-bond donors (Lipinski definition) is 2. The van der Waals surface area contributed by atoms with Crippen molar-refractivity contribution in [3.63, 3.8) is 0 Å². The van der Waals surface area contributed by atoms with Crippen LogP contribution in [-0.4, -0.2) is 18.6 Å². The molecule has 1 aromatic carbocycles. The molecule has 0 unspecified atom stereocenters. The highest BCUT2D eigenvalue weighted by Crippen LogP contribution is 2.23. The number of rotatable bonds is 4. The number of nitrogen functional groups attached to an aromatic ring is 1. The Bertz CT molecular complexity index is 776. The Balaban J connectivity index is 2.38. The van der Waals surface area contributed by atoms with Crippen LogP contribution in [0.15, 0.2) is 23.1 Å². The third-order valence-corrected chi connectivity index (χ3v) is 4.91. The van der Waals surface area contributed by atoms with Gasteiger partial charge in [0.2, 0.25) is 5.13 Å². The molecule has 0 fully saturated rings. The summed E-state index contributed by atoms with van der Waals surface area (Å²) in [7, 11) is -3.89. The van der Waals surface area contributed by atoms with Gasteiger partial charge < -0.3 is 5.73 Å². The minimum atomic E-state index is -3.89. The first-order chi connectivity index (χ1) is 9.46. The second kappa shape index (κ2) is 5.44. The number of nitrogens with two attached hydrogens (primary N) is 1. The van der Waals surface area contributed by atoms with Gasteiger partial charge in [0.05, 0.1) is 5.56 Å². The van der Waals surface area contributed by atoms with Gasteiger partial charge in [0.15, 0.2) is 0 Å². The third-order valence-electron chi connectivity index (χ3n) is 2.40. The molecule has 0 saturated heterocycles. The van der Waals surface area contributed by atoms with E-state index in [1.54, 1.807) is 0 Å². The van der Waals surface area contributed by atoms with Crippen molar-refractivity contribution in [3.8, 4) is 6.07 Å². The monoisotopic (exact) mass is 309 g/mol. The van der Waals surface area contributed by atoms with Gasteiger partial charge >= 0.3 is 0 Å². The summed E-state index contributed by atoms with van der Waals surface area (Å²) in [5.41, 5.74) is 5.84. The van der Waals surface area contributed by atoms with Crippen LogP contribution < -0.4 is 10.5 Å². The van der Waals surface area contributed by atoms with Crippen LogP contribution in [0.25, 0.3) is 0 Å². The van der Waals surface area contributed by atoms with E-state index in [0.29, 0.717) is 12.1 Å². The summed E-state index contributed by atoms with van der Waals surface area (Å²) in [6, 6.07) is 5.84. The molecule has 1 heterocycles. The highest BCUT2D eigenvalue weighted by Gasteiger charge is 2.20. The van der Waals surface area contributed by atoms with E-state index in [2.05, 4.69) is 14.9 Å². The van der Waals surface area contributed by atoms with Gasteiger partial charge in [0.25, 0.3) is 10.0 Å². The van der Waals surface area contributed by atoms with Crippen LogP contribution in [0.3, 0.4) is 0 Å². The zero-order chi connectivity index (χ0) is 14.8. The van der Waals surface area contributed by atoms with Crippen LogP contribution in [0.5, 0.6) is 0 Å². The molecule has 0 saturated carbocycles. The summed E-state index contributed by atoms with van der Waals surface area (Å²) in [6.07, 6.45) is 0.671. The summed E-state index contributed by atoms with van der Waals surface area (Å²) in [6.45, 7) is 1.90. The second-order valence-electron chi connectivity index (χ2n) is 3.83. The molecule has 0 aliphatic rings. The summed E-state index contributed by atoms with van der Waals surface area (Å²) >= 11 is 1.15. The molecular weight excluding hydrogens is 298 g/mol. The SMILES string of the molecule is CCc1nnc(NS(=O)(=O)c2ccc(N)cc2C#N)s1. The average molecular weight is 309 g/mol. The van der Waals surface area contributed by atoms with Crippen LogP contribution in [0, 0.1) is 11.3 Å². The normalized spacial score (nSPS) is 11.0. The fourth-order valence-electron chi connectivity index (χ4n) is 1.48. The Morgan fingerprint density at radius 1 is 1.45 bits per heavy atom. The number of aromatic nitrogens is 2. The van der Waals surface area contributed by atoms with Gasteiger partial charge in [-0.25, -0.2) is 8.42 Å². The van der Waals surface area contributed by atoms with Gasteiger partial charge in [-0.05, 0) is 24.6 Å². The van der Waals surface area contributed by atoms with E-state index in [4.69, 9.17) is 11.0 Å². The van der Waals surface area contributed by atoms with Crippen molar-refractivity contribution in [2.75, 3.05) is 10.5 Å². The van der Waals surface area contributed by atoms with Crippen LogP contribution in [0.4, 0.5) is 10.8 Å². The summed E-state index contributed by atoms with van der Waals surface area (Å²) in [4.78, 5) is -0.137. The minimum Gasteiger partial charge on any atom is -0.399 e. The molecule has 0 bridgehead atoms. The largest absolute Gasteiger partial charge is 0.399 e. The maximum Gasteiger partial charge on any atom is 0.265 e. The van der Waals surface area contributed by atoms with Crippen LogP contribution in [0.1, 0.15) is 17.5 Å². The maximum absolute atomic E-state index is 12.2. The lowest BCUT2D eigenvalue weighted by molar-refractivity contribution is 0.601. The summed E-state index contributed by atoms with van der Waals surface area (Å²) in [5.74, 6) is 0. The van der Waals surface area contributed by atoms with Crippen molar-refractivity contribution in [2.24, 2.45) is 0 Å². The molecule has 2 rings (SSSR count). The lowest BCUT2D eigenvalue weighted by atomic mass is 10.2. The number of anilines is 2. The first-order valence-corrected chi connectivity index (χ1v) is 7.91. The standard InChI is InChI=1S/C11H11N5O2S2/c1-2-10-14-15-11(19-10)16-20(17,18)9-4-3-8(13)5-7(9)6-12/h3-5H,2,13H2,1H3,(H,15,16). The lowest BCUT2D eigenvalue weighted by Crippen LogP contribution is -2.14. The van der Waals surface area contributed by atoms with Gasteiger partial charge in [-0.1, -0.05) is 18.3 Å². The van der Waals surface area contributed by atoms with Crippen molar-refractivity contribution in [3.05, 3.63) is 28.8 Å². The molecule has 0 spiro atoms. The van der Waals surface area contributed by atoms with Gasteiger partial charge in [-0.3, -0.25) is 4.72 Å². The number of nitrogens with one attached hydrogen (secondary N) is 1. The van der Waals surface area contributed by atoms with Gasteiger partial charge in [0.1, 0.15) is 16.0 Å². The van der Waals surface area contributed by atoms with Crippen molar-refractivity contribution in [2.45, 2.75) is 18.2 Å². The predicted molar refractivity (Wildman–Crippen MR) is 75.7 cm³/mol. The third kappa shape index (κ3) is 2.87. The topological polar surface area (TPSA) is 122 Å². The molecule has 9 heteroatoms. The smallest absolute Gasteiger partial charge is 0.265 e. The van der Waals surface area contributed by atoms with Crippen LogP contribution >= 0.6 is 11.3 Å². The van der Waals surface area contributed by atoms with Gasteiger partial charge in [0, 0.05) is 5.69 Å². The zero-order valence-electron chi connectivity index (χ0n) is 10.5. The molecular formula is C11H11N5O2S2. The Morgan fingerprint density at radius 2 is 2.20 bits per heavy atom. The summed E-state index contributed by atoms with van der Waals surface area (Å²) in [5, 5.41) is 17.5. The number of benzene rings is 1. The highest BCUT2D eigenvalue weighted by atomic mass is 32.2. The summed E-state index contributed by atoms with van der Waals surface area (Å²) < 4.78 is 26.8. The van der Waals surface area contributed by atoms with E-state index in [0.717, 1.165) is 16.3 Å². The molecule has 0 atom stereocenters. The Hall–Kier alpha value is -2.18. The van der Waals surface area contributed by atoms with E-state index in [9.17, 15) is 8.42 Å². The predicted octanol–water partition coefficient (Wildman–Crippen LogP) is 1.36. The van der Waals surface area contributed by atoms with Crippen molar-refractivity contribution in [1.82, 2.24) is 10.2 Å². The second-order valence-corrected chi connectivity index (χ2v) is 6.54. The quantitative estimate of drug-likeness (QED) is 0.822. The Labute approximate surface area is 120 Å². The van der Waals surface area contributed by atoms with Crippen LogP contribution in [0.2, 0.25) is 0 Å². The molecule has 3 N–H and O–H groups in total. The fraction of sp³-hybridized carbons (Fsp3) is 0.182. The number of nitrogens with zero attached hydrogens (tertiary/aromatic N) is 3.